The number of ether oxygens (including phenoxy) is 2. The molecule has 2 saturated heterocycles. The first-order chi connectivity index (χ1) is 30.3. The smallest absolute Gasteiger partial charge is 0.407 e. The van der Waals surface area contributed by atoms with Crippen LogP contribution in [0.2, 0.25) is 0 Å². The van der Waals surface area contributed by atoms with Crippen LogP contribution in [0.25, 0.3) is 33.2 Å². The van der Waals surface area contributed by atoms with Gasteiger partial charge in [-0.3, -0.25) is 14.4 Å². The molecular weight excluding hydrogens is 799 g/mol. The first-order valence-corrected chi connectivity index (χ1v) is 22.7. The van der Waals surface area contributed by atoms with Gasteiger partial charge in [-0.05, 0) is 126 Å². The Balaban J connectivity index is 1.05. The quantitative estimate of drug-likeness (QED) is 0.118. The number of aromatic amines is 1. The van der Waals surface area contributed by atoms with Gasteiger partial charge in [-0.1, -0.05) is 70.9 Å². The van der Waals surface area contributed by atoms with Crippen molar-refractivity contribution in [2.45, 2.75) is 116 Å². The summed E-state index contributed by atoms with van der Waals surface area (Å²) in [4.78, 5) is 76.9. The summed E-state index contributed by atoms with van der Waals surface area (Å²) in [5.74, 6) is -0.162. The van der Waals surface area contributed by atoms with Crippen molar-refractivity contribution in [3.8, 4) is 22.3 Å². The first-order valence-electron chi connectivity index (χ1n) is 22.7. The lowest BCUT2D eigenvalue weighted by atomic mass is 9.82. The van der Waals surface area contributed by atoms with Crippen molar-refractivity contribution in [3.63, 3.8) is 0 Å². The van der Waals surface area contributed by atoms with E-state index in [1.165, 1.54) is 56.6 Å². The molecule has 1 spiro atoms. The van der Waals surface area contributed by atoms with Gasteiger partial charge in [0.05, 0.1) is 31.2 Å². The number of nitrogens with one attached hydrogen (secondary N) is 4. The molecule has 63 heavy (non-hydrogen) atoms. The van der Waals surface area contributed by atoms with Gasteiger partial charge < -0.3 is 40.2 Å². The highest BCUT2D eigenvalue weighted by atomic mass is 16.5. The third-order valence-electron chi connectivity index (χ3n) is 13.9. The molecule has 4 N–H and O–H groups in total. The number of H-pyrrole nitrogens is 1. The molecule has 3 aromatic carbocycles. The van der Waals surface area contributed by atoms with Gasteiger partial charge in [-0.15, -0.1) is 0 Å². The predicted octanol–water partition coefficient (Wildman–Crippen LogP) is 7.70. The average molecular weight is 860 g/mol. The Kier molecular flexibility index (Phi) is 12.5. The van der Waals surface area contributed by atoms with E-state index < -0.39 is 30.3 Å². The normalized spacial score (nSPS) is 20.0. The summed E-state index contributed by atoms with van der Waals surface area (Å²) in [7, 11) is 2.57. The number of carbonyl (C=O) groups is 4. The minimum atomic E-state index is -0.768. The maximum atomic E-state index is 13.9. The Labute approximate surface area is 368 Å². The first kappa shape index (κ1) is 43.7. The van der Waals surface area contributed by atoms with E-state index in [-0.39, 0.29) is 40.8 Å². The molecule has 3 fully saturated rings. The Hall–Kier alpha value is -5.92. The number of anilines is 1. The van der Waals surface area contributed by atoms with Gasteiger partial charge in [0.25, 0.3) is 5.56 Å². The molecule has 4 amide bonds. The number of aromatic nitrogens is 2. The van der Waals surface area contributed by atoms with Crippen LogP contribution >= 0.6 is 0 Å². The van der Waals surface area contributed by atoms with Crippen LogP contribution in [0.15, 0.2) is 59.4 Å². The third kappa shape index (κ3) is 8.73. The molecule has 0 radical (unpaired) electrons. The number of rotatable bonds is 11. The average Bonchev–Trinajstić information content (AvgIpc) is 4.12. The van der Waals surface area contributed by atoms with Crippen molar-refractivity contribution in [1.82, 2.24) is 30.4 Å². The molecule has 0 unspecified atom stereocenters. The zero-order valence-corrected chi connectivity index (χ0v) is 37.3. The topological polar surface area (TPSA) is 175 Å². The second kappa shape index (κ2) is 18.1. The molecule has 2 aliphatic carbocycles. The van der Waals surface area contributed by atoms with Gasteiger partial charge >= 0.3 is 12.2 Å². The lowest BCUT2D eigenvalue weighted by molar-refractivity contribution is -0.136. The number of carbonyl (C=O) groups excluding carboxylic acids is 4. The van der Waals surface area contributed by atoms with E-state index in [0.29, 0.717) is 36.2 Å². The number of likely N-dealkylation sites (tertiary alicyclic amines) is 2. The van der Waals surface area contributed by atoms with E-state index in [2.05, 4.69) is 63.4 Å². The van der Waals surface area contributed by atoms with Gasteiger partial charge in [0.1, 0.15) is 24.1 Å². The predicted molar refractivity (Wildman–Crippen MR) is 242 cm³/mol. The van der Waals surface area contributed by atoms with E-state index in [1.54, 1.807) is 4.90 Å². The van der Waals surface area contributed by atoms with E-state index in [1.807, 2.05) is 44.7 Å². The maximum absolute atomic E-state index is 13.9. The van der Waals surface area contributed by atoms with Gasteiger partial charge in [0.2, 0.25) is 11.8 Å². The van der Waals surface area contributed by atoms with Crippen LogP contribution in [0.3, 0.4) is 0 Å². The molecule has 0 bridgehead atoms. The Morgan fingerprint density at radius 3 is 1.89 bits per heavy atom. The van der Waals surface area contributed by atoms with E-state index >= 15 is 0 Å². The minimum absolute atomic E-state index is 0.0978. The number of fused-ring (bicyclic) bond motifs is 2. The van der Waals surface area contributed by atoms with Gasteiger partial charge in [-0.2, -0.15) is 0 Å². The number of amides is 4. The monoisotopic (exact) mass is 859 g/mol. The summed E-state index contributed by atoms with van der Waals surface area (Å²) in [6.07, 6.45) is 8.51. The molecule has 2 aliphatic heterocycles. The lowest BCUT2D eigenvalue weighted by Crippen LogP contribution is -2.53. The number of benzene rings is 3. The third-order valence-corrected chi connectivity index (χ3v) is 13.9. The fourth-order valence-electron chi connectivity index (χ4n) is 10.6. The number of nitrogens with zero attached hydrogens (tertiary/aromatic N) is 3. The molecule has 3 heterocycles. The van der Waals surface area contributed by atoms with Gasteiger partial charge in [-0.25, -0.2) is 14.6 Å². The van der Waals surface area contributed by atoms with Crippen molar-refractivity contribution < 1.29 is 28.7 Å². The number of hydrogen-bond acceptors (Lipinski definition) is 9. The minimum Gasteiger partial charge on any atom is -0.453 e. The zero-order valence-electron chi connectivity index (χ0n) is 37.3. The summed E-state index contributed by atoms with van der Waals surface area (Å²) >= 11 is 0. The van der Waals surface area contributed by atoms with Crippen LogP contribution in [-0.2, 0) is 31.9 Å². The Bertz CT molecular complexity index is 2440. The molecule has 1 aromatic heterocycles. The Morgan fingerprint density at radius 1 is 0.730 bits per heavy atom. The van der Waals surface area contributed by atoms with Crippen molar-refractivity contribution >= 4 is 40.6 Å². The molecular formula is C49H61N7O7. The van der Waals surface area contributed by atoms with Crippen LogP contribution in [0.1, 0.15) is 102 Å². The lowest BCUT2D eigenvalue weighted by Gasteiger charge is -2.31. The van der Waals surface area contributed by atoms with E-state index in [9.17, 15) is 24.0 Å². The fourth-order valence-corrected chi connectivity index (χ4v) is 10.6. The van der Waals surface area contributed by atoms with Crippen molar-refractivity contribution in [2.24, 2.45) is 17.3 Å². The molecule has 4 aliphatic rings. The van der Waals surface area contributed by atoms with Crippen molar-refractivity contribution in [2.75, 3.05) is 32.6 Å². The largest absolute Gasteiger partial charge is 0.453 e. The second-order valence-electron chi connectivity index (χ2n) is 18.7. The van der Waals surface area contributed by atoms with Crippen molar-refractivity contribution in [3.05, 3.63) is 81.9 Å². The van der Waals surface area contributed by atoms with Gasteiger partial charge in [0, 0.05) is 18.8 Å². The molecule has 14 heteroatoms. The SMILES string of the molecule is COC(=O)N[C@H](C(=O)N1CCC[C@H]1Nc1ccc(-c2ccc(-c3ccc4nc([C@@H]5CCCN5C(=O)[C@@H](NC(=O)OC)C(C)C)[nH]c(=O)c4c3)c3c2CC2(CCCC2)C3)cc1)C(C)C. The van der Waals surface area contributed by atoms with E-state index in [4.69, 9.17) is 14.5 Å². The second-order valence-corrected chi connectivity index (χ2v) is 18.7. The van der Waals surface area contributed by atoms with Crippen LogP contribution in [0.5, 0.6) is 0 Å². The summed E-state index contributed by atoms with van der Waals surface area (Å²) in [5, 5.41) is 9.49. The van der Waals surface area contributed by atoms with Crippen molar-refractivity contribution in [1.29, 1.82) is 0 Å². The zero-order chi connectivity index (χ0) is 44.6. The molecule has 8 rings (SSSR count). The molecule has 1 saturated carbocycles. The Morgan fingerprint density at radius 2 is 1.29 bits per heavy atom. The molecule has 4 atom stereocenters. The number of alkyl carbamates (subject to hydrolysis) is 2. The highest BCUT2D eigenvalue weighted by Gasteiger charge is 2.42. The summed E-state index contributed by atoms with van der Waals surface area (Å²) in [6.45, 7) is 8.69. The molecule has 334 valence electrons. The summed E-state index contributed by atoms with van der Waals surface area (Å²) in [5.41, 5.74) is 8.66. The van der Waals surface area contributed by atoms with Crippen LogP contribution in [0.4, 0.5) is 15.3 Å². The van der Waals surface area contributed by atoms with Gasteiger partial charge in [0.15, 0.2) is 0 Å². The number of methoxy groups -OCH3 is 2. The fraction of sp³-hybridized carbons (Fsp3) is 0.510. The molecule has 14 nitrogen and oxygen atoms in total. The summed E-state index contributed by atoms with van der Waals surface area (Å²) in [6, 6.07) is 17.0. The highest BCUT2D eigenvalue weighted by molar-refractivity contribution is 5.89. The maximum Gasteiger partial charge on any atom is 0.407 e. The van der Waals surface area contributed by atoms with E-state index in [0.717, 1.165) is 54.5 Å². The molecule has 4 aromatic rings. The van der Waals surface area contributed by atoms with Crippen LogP contribution in [0, 0.1) is 17.3 Å². The highest BCUT2D eigenvalue weighted by Crippen LogP contribution is 2.53. The number of hydrogen-bond donors (Lipinski definition) is 4. The summed E-state index contributed by atoms with van der Waals surface area (Å²) < 4.78 is 9.58. The van der Waals surface area contributed by atoms with Crippen LogP contribution in [-0.4, -0.2) is 89.3 Å². The standard InChI is InChI=1S/C49H61N7O7/c1-28(2)41(52-47(60)62-5)45(58)55-23-9-11-39(55)43-51-38-20-15-31(25-35(38)44(57)54-43)34-19-18-33(36-26-49(27-37(34)36)21-7-8-22-49)30-13-16-32(17-14-30)50-40-12-10-24-56(40)46(59)42(29(3)4)53-48(61)63-6/h13-20,25,28-29,39-42,50H,7-12,21-24,26-27H2,1-6H3,(H,52,60)(H,53,61)(H,51,54,57)/t39-,40-,41-,42-/m0/s1. The van der Waals surface area contributed by atoms with Crippen LogP contribution < -0.4 is 21.5 Å².